The summed E-state index contributed by atoms with van der Waals surface area (Å²) < 4.78 is 6.14. The highest BCUT2D eigenvalue weighted by molar-refractivity contribution is 5.77. The van der Waals surface area contributed by atoms with Gasteiger partial charge < -0.3 is 4.74 Å². The lowest BCUT2D eigenvalue weighted by atomic mass is 9.92. The van der Waals surface area contributed by atoms with E-state index in [0.29, 0.717) is 11.5 Å². The molecule has 2 atom stereocenters. The molecule has 0 fully saturated rings. The molecule has 0 aliphatic carbocycles. The van der Waals surface area contributed by atoms with E-state index in [0.717, 1.165) is 24.0 Å². The Morgan fingerprint density at radius 2 is 1.70 bits per heavy atom. The highest BCUT2D eigenvalue weighted by Gasteiger charge is 2.22. The van der Waals surface area contributed by atoms with Gasteiger partial charge in [0.2, 0.25) is 0 Å². The zero-order valence-corrected chi connectivity index (χ0v) is 12.0. The van der Waals surface area contributed by atoms with Crippen molar-refractivity contribution in [2.45, 2.75) is 26.4 Å². The van der Waals surface area contributed by atoms with Gasteiger partial charge in [0.15, 0.2) is 0 Å². The molecule has 104 valence electrons. The van der Waals surface area contributed by atoms with Crippen LogP contribution in [0.3, 0.4) is 0 Å². The first kappa shape index (κ1) is 14.3. The molecule has 2 unspecified atom stereocenters. The van der Waals surface area contributed by atoms with Gasteiger partial charge in [-0.1, -0.05) is 56.3 Å². The van der Waals surface area contributed by atoms with Gasteiger partial charge in [0.1, 0.15) is 18.1 Å². The molecule has 0 aliphatic rings. The van der Waals surface area contributed by atoms with Gasteiger partial charge in [-0.05, 0) is 24.5 Å². The van der Waals surface area contributed by atoms with E-state index in [4.69, 9.17) is 4.74 Å². The quantitative estimate of drug-likeness (QED) is 0.712. The molecule has 0 amide bonds. The normalized spacial score (nSPS) is 13.5. The van der Waals surface area contributed by atoms with Crippen LogP contribution >= 0.6 is 0 Å². The van der Waals surface area contributed by atoms with Crippen molar-refractivity contribution in [1.82, 2.24) is 0 Å². The van der Waals surface area contributed by atoms with Crippen LogP contribution in [-0.2, 0) is 0 Å². The minimum Gasteiger partial charge on any atom is -0.485 e. The van der Waals surface area contributed by atoms with Gasteiger partial charge >= 0.3 is 0 Å². The zero-order chi connectivity index (χ0) is 14.4. The largest absolute Gasteiger partial charge is 0.485 e. The number of ether oxygens (including phenoxy) is 1. The van der Waals surface area contributed by atoms with E-state index < -0.39 is 0 Å². The highest BCUT2D eigenvalue weighted by atomic mass is 16.5. The number of carbonyl (C=O) groups is 1. The first-order chi connectivity index (χ1) is 9.76. The maximum Gasteiger partial charge on any atom is 0.150 e. The summed E-state index contributed by atoms with van der Waals surface area (Å²) in [5.41, 5.74) is 1.66. The topological polar surface area (TPSA) is 26.3 Å². The molecule has 0 aliphatic heterocycles. The monoisotopic (exact) mass is 268 g/mol. The fraction of sp³-hybridized carbons (Fsp3) is 0.278. The number of hydrogen-bond acceptors (Lipinski definition) is 2. The molecule has 2 aromatic rings. The molecule has 2 heteroatoms. The lowest BCUT2D eigenvalue weighted by Gasteiger charge is -2.26. The summed E-state index contributed by atoms with van der Waals surface area (Å²) in [4.78, 5) is 11.2. The average molecular weight is 268 g/mol. The Kier molecular flexibility index (Phi) is 4.94. The van der Waals surface area contributed by atoms with Crippen molar-refractivity contribution < 1.29 is 9.53 Å². The van der Waals surface area contributed by atoms with Crippen molar-refractivity contribution >= 4 is 6.29 Å². The van der Waals surface area contributed by atoms with E-state index in [1.54, 1.807) is 0 Å². The van der Waals surface area contributed by atoms with Crippen molar-refractivity contribution in [2.75, 3.05) is 0 Å². The van der Waals surface area contributed by atoms with Gasteiger partial charge in [0.25, 0.3) is 0 Å². The summed E-state index contributed by atoms with van der Waals surface area (Å²) in [6, 6.07) is 17.4. The number of aldehydes is 1. The second kappa shape index (κ2) is 6.90. The summed E-state index contributed by atoms with van der Waals surface area (Å²) in [7, 11) is 0. The summed E-state index contributed by atoms with van der Waals surface area (Å²) in [5, 5.41) is 0. The predicted octanol–water partition coefficient (Wildman–Crippen LogP) is 4.67. The number of carbonyl (C=O) groups excluding carboxylic acids is 1. The minimum atomic E-state index is -0.108. The van der Waals surface area contributed by atoms with E-state index in [2.05, 4.69) is 13.8 Å². The van der Waals surface area contributed by atoms with Crippen LogP contribution in [0.4, 0.5) is 0 Å². The number of para-hydroxylation sites is 1. The molecule has 0 heterocycles. The van der Waals surface area contributed by atoms with Gasteiger partial charge in [0.05, 0.1) is 0 Å². The Labute approximate surface area is 120 Å². The van der Waals surface area contributed by atoms with Gasteiger partial charge in [-0.3, -0.25) is 4.79 Å². The van der Waals surface area contributed by atoms with E-state index >= 15 is 0 Å². The standard InChI is InChI=1S/C18H20O2/c1-3-14(2)18(20-16-10-5-4-6-11-16)17-12-8-7-9-15(17)13-19/h4-14,18H,3H2,1-2H3. The molecular weight excluding hydrogens is 248 g/mol. The SMILES string of the molecule is CCC(C)C(Oc1ccccc1)c1ccccc1C=O. The van der Waals surface area contributed by atoms with Crippen molar-refractivity contribution in [3.8, 4) is 5.75 Å². The molecule has 0 saturated heterocycles. The molecule has 2 aromatic carbocycles. The molecule has 20 heavy (non-hydrogen) atoms. The van der Waals surface area contributed by atoms with E-state index in [9.17, 15) is 4.79 Å². The van der Waals surface area contributed by atoms with Crippen molar-refractivity contribution in [1.29, 1.82) is 0 Å². The smallest absolute Gasteiger partial charge is 0.150 e. The average Bonchev–Trinajstić information content (AvgIpc) is 2.53. The van der Waals surface area contributed by atoms with Gasteiger partial charge in [-0.25, -0.2) is 0 Å². The van der Waals surface area contributed by atoms with Crippen molar-refractivity contribution in [3.63, 3.8) is 0 Å². The zero-order valence-electron chi connectivity index (χ0n) is 12.0. The maximum absolute atomic E-state index is 11.2. The molecule has 0 saturated carbocycles. The Morgan fingerprint density at radius 3 is 2.35 bits per heavy atom. The molecule has 0 spiro atoms. The number of hydrogen-bond donors (Lipinski definition) is 0. The third-order valence-corrected chi connectivity index (χ3v) is 3.60. The van der Waals surface area contributed by atoms with Gasteiger partial charge in [0, 0.05) is 11.1 Å². The van der Waals surface area contributed by atoms with Crippen LogP contribution < -0.4 is 4.74 Å². The van der Waals surface area contributed by atoms with E-state index in [1.807, 2.05) is 54.6 Å². The molecule has 2 nitrogen and oxygen atoms in total. The molecule has 0 bridgehead atoms. The molecule has 0 N–H and O–H groups in total. The highest BCUT2D eigenvalue weighted by Crippen LogP contribution is 2.31. The van der Waals surface area contributed by atoms with Crippen LogP contribution in [0.15, 0.2) is 54.6 Å². The summed E-state index contributed by atoms with van der Waals surface area (Å²) in [6.45, 7) is 4.28. The number of rotatable bonds is 6. The molecular formula is C18H20O2. The third-order valence-electron chi connectivity index (χ3n) is 3.60. The second-order valence-electron chi connectivity index (χ2n) is 4.98. The molecule has 0 aromatic heterocycles. The summed E-state index contributed by atoms with van der Waals surface area (Å²) in [5.74, 6) is 1.16. The Hall–Kier alpha value is -2.09. The lowest BCUT2D eigenvalue weighted by molar-refractivity contribution is 0.110. The maximum atomic E-state index is 11.2. The van der Waals surface area contributed by atoms with Crippen LogP contribution in [0.1, 0.15) is 42.3 Å². The molecule has 0 radical (unpaired) electrons. The number of benzene rings is 2. The van der Waals surface area contributed by atoms with E-state index in [-0.39, 0.29) is 6.10 Å². The summed E-state index contributed by atoms with van der Waals surface area (Å²) >= 11 is 0. The summed E-state index contributed by atoms with van der Waals surface area (Å²) in [6.07, 6.45) is 1.79. The van der Waals surface area contributed by atoms with Crippen molar-refractivity contribution in [3.05, 3.63) is 65.7 Å². The first-order valence-electron chi connectivity index (χ1n) is 7.02. The Balaban J connectivity index is 2.35. The van der Waals surface area contributed by atoms with Gasteiger partial charge in [-0.2, -0.15) is 0 Å². The van der Waals surface area contributed by atoms with Gasteiger partial charge in [-0.15, -0.1) is 0 Å². The predicted molar refractivity (Wildman–Crippen MR) is 81.1 cm³/mol. The fourth-order valence-corrected chi connectivity index (χ4v) is 2.22. The fourth-order valence-electron chi connectivity index (χ4n) is 2.22. The van der Waals surface area contributed by atoms with Crippen LogP contribution in [-0.4, -0.2) is 6.29 Å². The van der Waals surface area contributed by atoms with E-state index in [1.165, 1.54) is 0 Å². The van der Waals surface area contributed by atoms with Crippen LogP contribution in [0.2, 0.25) is 0 Å². The third kappa shape index (κ3) is 3.27. The second-order valence-corrected chi connectivity index (χ2v) is 4.98. The van der Waals surface area contributed by atoms with Crippen LogP contribution in [0.25, 0.3) is 0 Å². The Bertz CT molecular complexity index is 548. The Morgan fingerprint density at radius 1 is 1.05 bits per heavy atom. The lowest BCUT2D eigenvalue weighted by Crippen LogP contribution is -2.17. The van der Waals surface area contributed by atoms with Crippen molar-refractivity contribution in [2.24, 2.45) is 5.92 Å². The minimum absolute atomic E-state index is 0.108. The van der Waals surface area contributed by atoms with Crippen LogP contribution in [0, 0.1) is 5.92 Å². The first-order valence-corrected chi connectivity index (χ1v) is 7.02. The van der Waals surface area contributed by atoms with Crippen LogP contribution in [0.5, 0.6) is 5.75 Å². The molecule has 2 rings (SSSR count).